The highest BCUT2D eigenvalue weighted by atomic mass is 19.4. The van der Waals surface area contributed by atoms with Gasteiger partial charge in [-0.2, -0.15) is 13.2 Å². The number of aromatic nitrogens is 4. The molecule has 3 aromatic rings. The Balaban J connectivity index is 2.31. The van der Waals surface area contributed by atoms with Gasteiger partial charge in [-0.25, -0.2) is 15.0 Å². The van der Waals surface area contributed by atoms with Crippen molar-refractivity contribution in [3.05, 3.63) is 42.5 Å². The molecule has 0 amide bonds. The first-order valence-electron chi connectivity index (χ1n) is 5.38. The van der Waals surface area contributed by atoms with Crippen LogP contribution in [0.15, 0.2) is 36.9 Å². The van der Waals surface area contributed by atoms with Crippen molar-refractivity contribution in [2.75, 3.05) is 0 Å². The normalized spacial score (nSPS) is 11.9. The SMILES string of the molecule is FC(F)(F)c1ccccc1-c1ncnc2nc[nH]c12. The standard InChI is InChI=1S/C12H7F3N4/c13-12(14,15)8-4-2-1-3-7(8)9-10-11(18-5-16-9)19-6-17-10/h1-6H,(H,16,17,18,19). The van der Waals surface area contributed by atoms with Crippen LogP contribution in [0.1, 0.15) is 5.56 Å². The summed E-state index contributed by atoms with van der Waals surface area (Å²) in [6.07, 6.45) is -1.86. The molecule has 0 aliphatic carbocycles. The monoisotopic (exact) mass is 264 g/mol. The second-order valence-corrected chi connectivity index (χ2v) is 3.87. The van der Waals surface area contributed by atoms with E-state index in [0.717, 1.165) is 6.07 Å². The summed E-state index contributed by atoms with van der Waals surface area (Å²) >= 11 is 0. The number of imidazole rings is 1. The number of nitrogens with one attached hydrogen (secondary N) is 1. The Morgan fingerprint density at radius 1 is 1.00 bits per heavy atom. The zero-order valence-electron chi connectivity index (χ0n) is 9.44. The second-order valence-electron chi connectivity index (χ2n) is 3.87. The van der Waals surface area contributed by atoms with E-state index in [0.29, 0.717) is 11.2 Å². The molecule has 0 bridgehead atoms. The lowest BCUT2D eigenvalue weighted by Crippen LogP contribution is -2.07. The number of halogens is 3. The van der Waals surface area contributed by atoms with E-state index in [9.17, 15) is 13.2 Å². The predicted molar refractivity (Wildman–Crippen MR) is 62.1 cm³/mol. The van der Waals surface area contributed by atoms with Gasteiger partial charge in [-0.05, 0) is 6.07 Å². The molecule has 0 aliphatic heterocycles. The molecule has 19 heavy (non-hydrogen) atoms. The summed E-state index contributed by atoms with van der Waals surface area (Å²) in [5, 5.41) is 0. The van der Waals surface area contributed by atoms with Crippen molar-refractivity contribution in [1.29, 1.82) is 0 Å². The number of hydrogen-bond acceptors (Lipinski definition) is 3. The number of hydrogen-bond donors (Lipinski definition) is 1. The van der Waals surface area contributed by atoms with E-state index in [1.807, 2.05) is 0 Å². The van der Waals surface area contributed by atoms with E-state index in [4.69, 9.17) is 0 Å². The molecule has 2 heterocycles. The summed E-state index contributed by atoms with van der Waals surface area (Å²) in [6.45, 7) is 0. The van der Waals surface area contributed by atoms with Crippen LogP contribution in [0.2, 0.25) is 0 Å². The van der Waals surface area contributed by atoms with Gasteiger partial charge in [-0.3, -0.25) is 0 Å². The van der Waals surface area contributed by atoms with Crippen LogP contribution in [0.5, 0.6) is 0 Å². The van der Waals surface area contributed by atoms with Gasteiger partial charge < -0.3 is 4.98 Å². The smallest absolute Gasteiger partial charge is 0.341 e. The molecule has 7 heteroatoms. The number of alkyl halides is 3. The molecule has 2 aromatic heterocycles. The number of rotatable bonds is 1. The summed E-state index contributed by atoms with van der Waals surface area (Å²) in [5.74, 6) is 0. The van der Waals surface area contributed by atoms with Crippen LogP contribution in [-0.4, -0.2) is 19.9 Å². The van der Waals surface area contributed by atoms with Crippen molar-refractivity contribution < 1.29 is 13.2 Å². The number of fused-ring (bicyclic) bond motifs is 1. The fourth-order valence-corrected chi connectivity index (χ4v) is 1.91. The topological polar surface area (TPSA) is 54.5 Å². The first kappa shape index (κ1) is 11.6. The van der Waals surface area contributed by atoms with Crippen molar-refractivity contribution in [2.45, 2.75) is 6.18 Å². The van der Waals surface area contributed by atoms with E-state index in [1.54, 1.807) is 0 Å². The van der Waals surface area contributed by atoms with Crippen LogP contribution in [0.25, 0.3) is 22.4 Å². The minimum absolute atomic E-state index is 0.00616. The molecule has 0 atom stereocenters. The van der Waals surface area contributed by atoms with Gasteiger partial charge in [0.25, 0.3) is 0 Å². The lowest BCUT2D eigenvalue weighted by atomic mass is 10.0. The molecule has 0 radical (unpaired) electrons. The largest absolute Gasteiger partial charge is 0.417 e. The van der Waals surface area contributed by atoms with Crippen LogP contribution < -0.4 is 0 Å². The van der Waals surface area contributed by atoms with Crippen molar-refractivity contribution in [3.8, 4) is 11.3 Å². The Morgan fingerprint density at radius 2 is 1.79 bits per heavy atom. The van der Waals surface area contributed by atoms with Gasteiger partial charge in [0, 0.05) is 5.56 Å². The molecule has 1 aromatic carbocycles. The zero-order valence-corrected chi connectivity index (χ0v) is 9.44. The first-order chi connectivity index (χ1) is 9.07. The fraction of sp³-hybridized carbons (Fsp3) is 0.0833. The maximum Gasteiger partial charge on any atom is 0.417 e. The summed E-state index contributed by atoms with van der Waals surface area (Å²) in [4.78, 5) is 14.5. The summed E-state index contributed by atoms with van der Waals surface area (Å²) in [5.41, 5.74) is 0.188. The average molecular weight is 264 g/mol. The Bertz CT molecular complexity index is 733. The maximum absolute atomic E-state index is 13.0. The molecule has 3 rings (SSSR count). The Kier molecular flexibility index (Phi) is 2.48. The average Bonchev–Trinajstić information content (AvgIpc) is 2.85. The molecule has 0 saturated heterocycles. The number of nitrogens with zero attached hydrogens (tertiary/aromatic N) is 3. The molecular formula is C12H7F3N4. The molecule has 0 fully saturated rings. The maximum atomic E-state index is 13.0. The van der Waals surface area contributed by atoms with Gasteiger partial charge in [-0.15, -0.1) is 0 Å². The van der Waals surface area contributed by atoms with Crippen molar-refractivity contribution in [3.63, 3.8) is 0 Å². The highest BCUT2D eigenvalue weighted by Gasteiger charge is 2.34. The second kappa shape index (κ2) is 4.04. The van der Waals surface area contributed by atoms with Gasteiger partial charge >= 0.3 is 6.18 Å². The van der Waals surface area contributed by atoms with Gasteiger partial charge in [0.2, 0.25) is 0 Å². The molecule has 96 valence electrons. The van der Waals surface area contributed by atoms with Gasteiger partial charge in [0.05, 0.1) is 11.9 Å². The summed E-state index contributed by atoms with van der Waals surface area (Å²) in [6, 6.07) is 5.29. The van der Waals surface area contributed by atoms with Crippen LogP contribution in [0.3, 0.4) is 0 Å². The fourth-order valence-electron chi connectivity index (χ4n) is 1.91. The number of benzene rings is 1. The molecular weight excluding hydrogens is 257 g/mol. The third-order valence-corrected chi connectivity index (χ3v) is 2.71. The van der Waals surface area contributed by atoms with E-state index in [1.165, 1.54) is 30.9 Å². The van der Waals surface area contributed by atoms with Crippen LogP contribution in [0.4, 0.5) is 13.2 Å². The van der Waals surface area contributed by atoms with E-state index >= 15 is 0 Å². The third kappa shape index (κ3) is 1.92. The number of H-pyrrole nitrogens is 1. The lowest BCUT2D eigenvalue weighted by Gasteiger charge is -2.12. The van der Waals surface area contributed by atoms with Crippen LogP contribution in [-0.2, 0) is 6.18 Å². The molecule has 0 spiro atoms. The number of aromatic amines is 1. The van der Waals surface area contributed by atoms with Gasteiger partial charge in [0.15, 0.2) is 5.65 Å². The van der Waals surface area contributed by atoms with Crippen molar-refractivity contribution in [1.82, 2.24) is 19.9 Å². The minimum atomic E-state index is -4.44. The summed E-state index contributed by atoms with van der Waals surface area (Å²) < 4.78 is 39.0. The van der Waals surface area contributed by atoms with E-state index in [-0.39, 0.29) is 11.3 Å². The van der Waals surface area contributed by atoms with Crippen LogP contribution >= 0.6 is 0 Å². The Labute approximate surface area is 105 Å². The highest BCUT2D eigenvalue weighted by Crippen LogP contribution is 2.37. The zero-order chi connectivity index (χ0) is 13.5. The minimum Gasteiger partial charge on any atom is -0.341 e. The lowest BCUT2D eigenvalue weighted by molar-refractivity contribution is -0.137. The molecule has 0 unspecified atom stereocenters. The Hall–Kier alpha value is -2.44. The predicted octanol–water partition coefficient (Wildman–Crippen LogP) is 3.04. The van der Waals surface area contributed by atoms with Gasteiger partial charge in [0.1, 0.15) is 17.5 Å². The van der Waals surface area contributed by atoms with Crippen LogP contribution in [0, 0.1) is 0 Å². The van der Waals surface area contributed by atoms with E-state index < -0.39 is 11.7 Å². The molecule has 0 saturated carbocycles. The molecule has 1 N–H and O–H groups in total. The molecule has 0 aliphatic rings. The first-order valence-corrected chi connectivity index (χ1v) is 5.38. The molecule has 4 nitrogen and oxygen atoms in total. The van der Waals surface area contributed by atoms with E-state index in [2.05, 4.69) is 19.9 Å². The van der Waals surface area contributed by atoms with Crippen molar-refractivity contribution >= 4 is 11.2 Å². The Morgan fingerprint density at radius 3 is 2.58 bits per heavy atom. The quantitative estimate of drug-likeness (QED) is 0.735. The summed E-state index contributed by atoms with van der Waals surface area (Å²) in [7, 11) is 0. The highest BCUT2D eigenvalue weighted by molar-refractivity contribution is 5.87. The van der Waals surface area contributed by atoms with Gasteiger partial charge in [-0.1, -0.05) is 18.2 Å². The van der Waals surface area contributed by atoms with Crippen molar-refractivity contribution in [2.24, 2.45) is 0 Å². The third-order valence-electron chi connectivity index (χ3n) is 2.71.